The number of nitrogens with one attached hydrogen (secondary N) is 12. The van der Waals surface area contributed by atoms with E-state index < -0.39 is 244 Å². The number of carboxylic acids is 1. The van der Waals surface area contributed by atoms with Crippen LogP contribution in [0.3, 0.4) is 0 Å². The summed E-state index contributed by atoms with van der Waals surface area (Å²) in [4.78, 5) is 214. The maximum atomic E-state index is 14.9. The van der Waals surface area contributed by atoms with E-state index in [0.717, 1.165) is 28.5 Å². The molecule has 109 heavy (non-hydrogen) atoms. The summed E-state index contributed by atoms with van der Waals surface area (Å²) in [7, 11) is 0. The van der Waals surface area contributed by atoms with Gasteiger partial charge in [0.1, 0.15) is 60.4 Å². The first kappa shape index (κ1) is 87.0. The summed E-state index contributed by atoms with van der Waals surface area (Å²) >= 11 is 6.65. The van der Waals surface area contributed by atoms with Gasteiger partial charge in [0.2, 0.25) is 82.7 Å². The fourth-order valence-electron chi connectivity index (χ4n) is 11.0. The topological polar surface area (TPSA) is 612 Å². The molecule has 38 nitrogen and oxygen atoms in total. The van der Waals surface area contributed by atoms with Crippen molar-refractivity contribution in [2.24, 2.45) is 11.5 Å². The van der Waals surface area contributed by atoms with E-state index in [0.29, 0.717) is 26.7 Å². The monoisotopic (exact) mass is 1650 g/mol. The fraction of sp³-hybridized carbons (Fsp3) is 0.420. The van der Waals surface area contributed by atoms with Crippen LogP contribution in [0.2, 0.25) is 0 Å². The van der Waals surface area contributed by atoms with Crippen molar-refractivity contribution < 1.29 is 108 Å². The lowest BCUT2D eigenvalue weighted by Gasteiger charge is -2.28. The summed E-state index contributed by atoms with van der Waals surface area (Å²) in [6, 6.07) is -0.766. The molecule has 23 N–H and O–H groups in total. The van der Waals surface area contributed by atoms with Crippen molar-refractivity contribution in [3.63, 3.8) is 0 Å². The maximum Gasteiger partial charge on any atom is 0.326 e. The highest BCUT2D eigenvalue weighted by Crippen LogP contribution is 2.18. The van der Waals surface area contributed by atoms with Gasteiger partial charge in [0.15, 0.2) is 6.10 Å². The number of fused-ring (bicyclic) bond motifs is 2. The second-order valence-corrected chi connectivity index (χ2v) is 27.5. The second-order valence-electron chi connectivity index (χ2n) is 25.6. The highest BCUT2D eigenvalue weighted by molar-refractivity contribution is 9.10. The minimum atomic E-state index is -2.66. The van der Waals surface area contributed by atoms with E-state index in [1.807, 2.05) is 5.32 Å². The largest absolute Gasteiger partial charge is 0.480 e. The van der Waals surface area contributed by atoms with Crippen LogP contribution in [-0.4, -0.2) is 245 Å². The van der Waals surface area contributed by atoms with Crippen LogP contribution in [0.15, 0.2) is 118 Å². The number of amides is 14. The van der Waals surface area contributed by atoms with Gasteiger partial charge in [-0.3, -0.25) is 67.1 Å². The number of carbonyl (C=O) groups is 15. The smallest absolute Gasteiger partial charge is 0.326 e. The number of halogens is 2. The van der Waals surface area contributed by atoms with Crippen LogP contribution in [-0.2, 0) is 97.7 Å². The molecule has 40 heteroatoms. The Hall–Kier alpha value is -10.9. The van der Waals surface area contributed by atoms with E-state index in [-0.39, 0.29) is 18.5 Å². The molecule has 0 aliphatic carbocycles. The molecule has 1 aromatic heterocycles. The van der Waals surface area contributed by atoms with Crippen molar-refractivity contribution in [3.05, 3.63) is 140 Å². The predicted octanol–water partition coefficient (Wildman–Crippen LogP) is -6.97. The first-order valence-corrected chi connectivity index (χ1v) is 35.4. The van der Waals surface area contributed by atoms with Gasteiger partial charge in [-0.2, -0.15) is 0 Å². The van der Waals surface area contributed by atoms with Crippen LogP contribution >= 0.6 is 31.9 Å². The third kappa shape index (κ3) is 28.0. The van der Waals surface area contributed by atoms with Gasteiger partial charge in [-0.25, -0.2) is 9.78 Å². The third-order valence-corrected chi connectivity index (χ3v) is 17.9. The van der Waals surface area contributed by atoms with Gasteiger partial charge in [-0.15, -0.1) is 0 Å². The van der Waals surface area contributed by atoms with E-state index in [1.165, 1.54) is 18.2 Å². The summed E-state index contributed by atoms with van der Waals surface area (Å²) in [6.45, 7) is -1.30. The molecule has 2 aliphatic heterocycles. The first-order chi connectivity index (χ1) is 51.6. The molecule has 6 rings (SSSR count). The number of imidazole rings is 1. The molecule has 15 atom stereocenters. The average Bonchev–Trinajstić information content (AvgIpc) is 1.62. The Morgan fingerprint density at radius 1 is 0.587 bits per heavy atom. The van der Waals surface area contributed by atoms with Crippen molar-refractivity contribution in [1.29, 1.82) is 0 Å². The van der Waals surface area contributed by atoms with Gasteiger partial charge in [0.05, 0.1) is 69.0 Å². The summed E-state index contributed by atoms with van der Waals surface area (Å²) in [5.41, 5.74) is 12.6. The number of carbonyl (C=O) groups excluding carboxylic acids is 14. The Labute approximate surface area is 638 Å². The Morgan fingerprint density at radius 2 is 1.12 bits per heavy atom. The SMILES string of the molecule is CC(C=Cc1ccc(Br)cc1)=C[C@H](O)[C@@H]1CC(=O)N[C@@H](CO)C(=O)N[C@@H]2Cn3cnc(c3)C[C@H](NC(=O)C[C@H](O)C[C@@H](C(=O)O)NC(=O)CCNC(=O)[C@H](Cc3ccc(Br)cc3)NC(=O)[C@H]([C@@H](O)C(N)=O)NC(=O)[C@H](CC(N)=O)NC2=O)C(=O)N[C@@H]([C@@H](C)O)C(=O)N[C@@H](CO)C(=O)N[C@@H](Cc2ccccc2)C(=O)N1. The van der Waals surface area contributed by atoms with Gasteiger partial charge in [-0.05, 0) is 54.8 Å². The number of aliphatic carboxylic acids is 1. The first-order valence-electron chi connectivity index (χ1n) is 33.8. The van der Waals surface area contributed by atoms with Gasteiger partial charge in [0, 0.05) is 60.2 Å². The number of carboxylic acid groups (broad SMARTS) is 1. The van der Waals surface area contributed by atoms with Crippen molar-refractivity contribution in [2.75, 3.05) is 19.8 Å². The third-order valence-electron chi connectivity index (χ3n) is 16.8. The van der Waals surface area contributed by atoms with Crippen LogP contribution in [0.4, 0.5) is 0 Å². The number of allylic oxidation sites excluding steroid dienone is 2. The molecular formula is C69H86Br2N16O22. The van der Waals surface area contributed by atoms with E-state index in [1.54, 1.807) is 85.8 Å². The number of nitrogens with two attached hydrogens (primary N) is 2. The summed E-state index contributed by atoms with van der Waals surface area (Å²) in [5.74, 6) is -20.1. The zero-order valence-electron chi connectivity index (χ0n) is 58.6. The number of aliphatic hydroxyl groups is 6. The van der Waals surface area contributed by atoms with E-state index >= 15 is 0 Å². The molecular weight excluding hydrogens is 1560 g/mol. The Morgan fingerprint density at radius 3 is 1.73 bits per heavy atom. The van der Waals surface area contributed by atoms with Gasteiger partial charge in [-0.1, -0.05) is 110 Å². The van der Waals surface area contributed by atoms with Crippen molar-refractivity contribution in [2.45, 2.75) is 163 Å². The molecule has 588 valence electrons. The summed E-state index contributed by atoms with van der Waals surface area (Å²) in [5, 5.41) is 104. The number of hydrogen-bond acceptors (Lipinski definition) is 22. The minimum absolute atomic E-state index is 0.205. The van der Waals surface area contributed by atoms with Gasteiger partial charge < -0.3 is 116 Å². The number of hydrogen-bond donors (Lipinski definition) is 21. The molecule has 4 bridgehead atoms. The number of aromatic nitrogens is 2. The molecule has 2 aliphatic rings. The molecule has 0 radical (unpaired) electrons. The lowest BCUT2D eigenvalue weighted by atomic mass is 10.0. The van der Waals surface area contributed by atoms with Crippen LogP contribution in [0.5, 0.6) is 0 Å². The zero-order chi connectivity index (χ0) is 80.3. The number of nitrogens with zero attached hydrogens (tertiary/aromatic N) is 2. The van der Waals surface area contributed by atoms with Gasteiger partial charge in [0.25, 0.3) is 0 Å². The maximum absolute atomic E-state index is 14.9. The normalized spacial score (nSPS) is 25.4. The Balaban J connectivity index is 1.49. The standard InChI is InChI=1S/C69H86Br2N16O22/c1-33(8-9-35-10-14-38(70)15-11-35)20-51(92)42-27-55(96)78-49(30-88)65(104)83-48-29-87-28-40(75-32-87)23-45(62(101)85-56(34(2)90)67(106)84-50(31-89)66(105)80-44(61(100)79-42)21-36-6-4-3-5-7-36)76-54(95)25-41(91)24-47(69(108)109)77-53(94)18-19-74-60(99)43(22-37-12-16-39(71)17-13-37)82-68(107)57(58(97)59(73)98)86-63(102)46(26-52(72)93)81-64(48)103/h3-17,20,28,32,34,41-51,56-58,88-92,97H,18-19,21-27,29-31H2,1-2H3,(H2,72,93)(H2,73,98)(H,74,99)(H,76,95)(H,77,94)(H,78,96)(H,79,100)(H,80,105)(H,81,103)(H,82,107)(H,83,104)(H,84,106)(H,85,101)(H,86,102)(H,108,109)/t34-,41-,42+,43+,44+,45+,46+,47+,48-,49+,50+,51+,56+,57+,58-/m1/s1. The molecule has 0 saturated carbocycles. The van der Waals surface area contributed by atoms with E-state index in [2.05, 4.69) is 95.3 Å². The number of benzene rings is 3. The molecule has 3 aromatic carbocycles. The number of primary amides is 2. The quantitative estimate of drug-likeness (QED) is 0.0464. The van der Waals surface area contributed by atoms with Crippen LogP contribution in [0.1, 0.15) is 68.3 Å². The van der Waals surface area contributed by atoms with Crippen molar-refractivity contribution >= 4 is 127 Å². The Kier molecular flexibility index (Phi) is 33.6. The predicted molar refractivity (Wildman–Crippen MR) is 388 cm³/mol. The fourth-order valence-corrected chi connectivity index (χ4v) is 11.6. The molecule has 4 aromatic rings. The van der Waals surface area contributed by atoms with Crippen LogP contribution < -0.4 is 75.3 Å². The lowest BCUT2D eigenvalue weighted by Crippen LogP contribution is -2.63. The van der Waals surface area contributed by atoms with Crippen LogP contribution in [0, 0.1) is 0 Å². The zero-order valence-corrected chi connectivity index (χ0v) is 61.8. The van der Waals surface area contributed by atoms with Crippen molar-refractivity contribution in [3.8, 4) is 0 Å². The highest BCUT2D eigenvalue weighted by Gasteiger charge is 2.40. The molecule has 14 amide bonds. The molecule has 0 spiro atoms. The molecule has 0 unspecified atom stereocenters. The molecule has 0 fully saturated rings. The van der Waals surface area contributed by atoms with Gasteiger partial charge >= 0.3 is 5.97 Å². The van der Waals surface area contributed by atoms with Crippen LogP contribution in [0.25, 0.3) is 6.08 Å². The van der Waals surface area contributed by atoms with E-state index in [4.69, 9.17) is 11.5 Å². The molecule has 0 saturated heterocycles. The lowest BCUT2D eigenvalue weighted by molar-refractivity contribution is -0.143. The number of aliphatic hydroxyl groups excluding tert-OH is 6. The van der Waals surface area contributed by atoms with Crippen molar-refractivity contribution in [1.82, 2.24) is 73.4 Å². The summed E-state index contributed by atoms with van der Waals surface area (Å²) < 4.78 is 2.41. The second kappa shape index (κ2) is 42.0. The number of rotatable bonds is 16. The highest BCUT2D eigenvalue weighted by atomic mass is 79.9. The Bertz CT molecular complexity index is 4020. The molecule has 3 heterocycles. The minimum Gasteiger partial charge on any atom is -0.480 e. The van der Waals surface area contributed by atoms with E-state index in [9.17, 15) is 108 Å². The average molecular weight is 1650 g/mol. The summed E-state index contributed by atoms with van der Waals surface area (Å²) in [6.07, 6.45) is -7.85.